The third-order valence-electron chi connectivity index (χ3n) is 5.27. The Kier molecular flexibility index (Phi) is 6.49. The summed E-state index contributed by atoms with van der Waals surface area (Å²) in [5, 5.41) is 5.93. The highest BCUT2D eigenvalue weighted by atomic mass is 32.1. The van der Waals surface area contributed by atoms with Crippen LogP contribution in [0.3, 0.4) is 0 Å². The monoisotopic (exact) mass is 479 g/mol. The largest absolute Gasteiger partial charge is 0.462 e. The van der Waals surface area contributed by atoms with Crippen LogP contribution in [0.5, 0.6) is 0 Å². The number of hydrogen-bond donors (Lipinski definition) is 2. The van der Waals surface area contributed by atoms with E-state index < -0.39 is 5.97 Å². The Morgan fingerprint density at radius 2 is 1.88 bits per heavy atom. The second-order valence-electron chi connectivity index (χ2n) is 7.98. The number of esters is 1. The molecule has 170 valence electrons. The average Bonchev–Trinajstić information content (AvgIpc) is 3.35. The third-order valence-corrected chi connectivity index (χ3v) is 7.28. The number of nitrogens with zero attached hydrogens (tertiary/aromatic N) is 1. The Morgan fingerprint density at radius 3 is 2.55 bits per heavy atom. The summed E-state index contributed by atoms with van der Waals surface area (Å²) in [5.74, 6) is -0.574. The number of anilines is 2. The number of pyridine rings is 1. The predicted molar refractivity (Wildman–Crippen MR) is 137 cm³/mol. The maximum Gasteiger partial charge on any atom is 0.341 e. The summed E-state index contributed by atoms with van der Waals surface area (Å²) in [5.41, 5.74) is 10.7. The van der Waals surface area contributed by atoms with Gasteiger partial charge in [0, 0.05) is 22.0 Å². The summed E-state index contributed by atoms with van der Waals surface area (Å²) in [6.07, 6.45) is 0. The summed E-state index contributed by atoms with van der Waals surface area (Å²) < 4.78 is 5.29. The van der Waals surface area contributed by atoms with Crippen molar-refractivity contribution in [3.05, 3.63) is 63.5 Å². The molecule has 8 heteroatoms. The Labute approximate surface area is 200 Å². The molecular formula is C25H25N3O3S2. The van der Waals surface area contributed by atoms with Crippen molar-refractivity contribution in [3.8, 4) is 11.1 Å². The molecule has 3 aromatic heterocycles. The standard InChI is InChI=1S/C25H25N3O3S2/c1-5-31-25(30)19-17(15-8-6-14(4)7-9-15)12-32-24(19)28-22(29)21-20(26)16-10-11-18(13(2)3)27-23(16)33-21/h6-13H,5,26H2,1-4H3,(H,28,29). The van der Waals surface area contributed by atoms with Gasteiger partial charge in [-0.15, -0.1) is 22.7 Å². The first-order valence-electron chi connectivity index (χ1n) is 10.7. The molecule has 0 saturated carbocycles. The molecule has 0 atom stereocenters. The lowest BCUT2D eigenvalue weighted by molar-refractivity contribution is 0.0529. The zero-order valence-corrected chi connectivity index (χ0v) is 20.5. The van der Waals surface area contributed by atoms with Crippen LogP contribution in [0.15, 0.2) is 41.8 Å². The number of nitrogens with two attached hydrogens (primary N) is 1. The van der Waals surface area contributed by atoms with Crippen LogP contribution < -0.4 is 11.1 Å². The average molecular weight is 480 g/mol. The van der Waals surface area contributed by atoms with E-state index in [1.54, 1.807) is 6.92 Å². The number of thiophene rings is 2. The summed E-state index contributed by atoms with van der Waals surface area (Å²) >= 11 is 2.54. The Bertz CT molecular complexity index is 1340. The number of fused-ring (bicyclic) bond motifs is 1. The molecule has 0 bridgehead atoms. The minimum atomic E-state index is -0.475. The lowest BCUT2D eigenvalue weighted by atomic mass is 10.0. The number of aromatic nitrogens is 1. The number of nitrogens with one attached hydrogen (secondary N) is 1. The number of carbonyl (C=O) groups excluding carboxylic acids is 2. The van der Waals surface area contributed by atoms with Crippen LogP contribution in [0.25, 0.3) is 21.3 Å². The van der Waals surface area contributed by atoms with Crippen LogP contribution in [-0.2, 0) is 4.74 Å². The van der Waals surface area contributed by atoms with Gasteiger partial charge in [-0.2, -0.15) is 0 Å². The molecule has 0 saturated heterocycles. The Morgan fingerprint density at radius 1 is 1.15 bits per heavy atom. The molecule has 1 amide bonds. The van der Waals surface area contributed by atoms with Gasteiger partial charge >= 0.3 is 5.97 Å². The van der Waals surface area contributed by atoms with Gasteiger partial charge in [-0.3, -0.25) is 4.79 Å². The van der Waals surface area contributed by atoms with E-state index in [2.05, 4.69) is 24.1 Å². The molecule has 0 fully saturated rings. The zero-order valence-electron chi connectivity index (χ0n) is 18.9. The van der Waals surface area contributed by atoms with Gasteiger partial charge < -0.3 is 15.8 Å². The molecule has 1 aromatic carbocycles. The molecule has 4 aromatic rings. The molecule has 0 spiro atoms. The van der Waals surface area contributed by atoms with Gasteiger partial charge in [0.2, 0.25) is 0 Å². The van der Waals surface area contributed by atoms with Crippen LogP contribution in [0.4, 0.5) is 10.7 Å². The van der Waals surface area contributed by atoms with Crippen molar-refractivity contribution in [2.75, 3.05) is 17.7 Å². The number of aryl methyl sites for hydroxylation is 1. The van der Waals surface area contributed by atoms with Gasteiger partial charge in [0.25, 0.3) is 5.91 Å². The van der Waals surface area contributed by atoms with Gasteiger partial charge in [0.1, 0.15) is 20.3 Å². The number of nitrogen functional groups attached to an aromatic ring is 1. The second kappa shape index (κ2) is 9.33. The highest BCUT2D eigenvalue weighted by Crippen LogP contribution is 2.38. The third kappa shape index (κ3) is 4.49. The summed E-state index contributed by atoms with van der Waals surface area (Å²) in [6.45, 7) is 8.13. The molecule has 0 aliphatic carbocycles. The van der Waals surface area contributed by atoms with Gasteiger partial charge in [-0.25, -0.2) is 9.78 Å². The lowest BCUT2D eigenvalue weighted by Crippen LogP contribution is -2.14. The first kappa shape index (κ1) is 22.9. The fourth-order valence-corrected chi connectivity index (χ4v) is 5.41. The molecule has 0 radical (unpaired) electrons. The van der Waals surface area contributed by atoms with E-state index in [1.165, 1.54) is 22.7 Å². The highest BCUT2D eigenvalue weighted by Gasteiger charge is 2.25. The van der Waals surface area contributed by atoms with Gasteiger partial charge in [-0.1, -0.05) is 43.7 Å². The fraction of sp³-hybridized carbons (Fsp3) is 0.240. The first-order chi connectivity index (χ1) is 15.8. The van der Waals surface area contributed by atoms with Crippen molar-refractivity contribution in [2.45, 2.75) is 33.6 Å². The topological polar surface area (TPSA) is 94.3 Å². The number of ether oxygens (including phenoxy) is 1. The van der Waals surface area contributed by atoms with Gasteiger partial charge in [0.05, 0.1) is 12.3 Å². The number of benzene rings is 1. The summed E-state index contributed by atoms with van der Waals surface area (Å²) in [4.78, 5) is 31.8. The molecule has 0 unspecified atom stereocenters. The molecule has 3 heterocycles. The number of amides is 1. The summed E-state index contributed by atoms with van der Waals surface area (Å²) in [6, 6.07) is 11.7. The minimum Gasteiger partial charge on any atom is -0.462 e. The predicted octanol–water partition coefficient (Wildman–Crippen LogP) is 6.47. The van der Waals surface area contributed by atoms with Crippen LogP contribution in [0, 0.1) is 6.92 Å². The van der Waals surface area contributed by atoms with Crippen molar-refractivity contribution in [1.29, 1.82) is 0 Å². The van der Waals surface area contributed by atoms with Crippen LogP contribution in [0.1, 0.15) is 58.0 Å². The Hall–Kier alpha value is -3.23. The second-order valence-corrected chi connectivity index (χ2v) is 9.86. The van der Waals surface area contributed by atoms with Crippen molar-refractivity contribution in [3.63, 3.8) is 0 Å². The normalized spacial score (nSPS) is 11.2. The smallest absolute Gasteiger partial charge is 0.341 e. The van der Waals surface area contributed by atoms with Crippen molar-refractivity contribution >= 4 is 55.5 Å². The van der Waals surface area contributed by atoms with E-state index in [-0.39, 0.29) is 18.4 Å². The maximum absolute atomic E-state index is 13.2. The van der Waals surface area contributed by atoms with E-state index in [4.69, 9.17) is 10.5 Å². The van der Waals surface area contributed by atoms with E-state index in [0.717, 1.165) is 32.6 Å². The van der Waals surface area contributed by atoms with Crippen LogP contribution >= 0.6 is 22.7 Å². The van der Waals surface area contributed by atoms with E-state index >= 15 is 0 Å². The zero-order chi connectivity index (χ0) is 23.7. The highest BCUT2D eigenvalue weighted by molar-refractivity contribution is 7.21. The number of rotatable bonds is 6. The lowest BCUT2D eigenvalue weighted by Gasteiger charge is -2.09. The van der Waals surface area contributed by atoms with Gasteiger partial charge in [-0.05, 0) is 37.5 Å². The summed E-state index contributed by atoms with van der Waals surface area (Å²) in [7, 11) is 0. The van der Waals surface area contributed by atoms with Crippen molar-refractivity contribution in [1.82, 2.24) is 4.98 Å². The molecule has 0 aliphatic rings. The first-order valence-corrected chi connectivity index (χ1v) is 12.4. The fourth-order valence-electron chi connectivity index (χ4n) is 3.46. The van der Waals surface area contributed by atoms with Crippen LogP contribution in [0.2, 0.25) is 0 Å². The minimum absolute atomic E-state index is 0.239. The molecular weight excluding hydrogens is 454 g/mol. The van der Waals surface area contributed by atoms with Crippen molar-refractivity contribution < 1.29 is 14.3 Å². The SMILES string of the molecule is CCOC(=O)c1c(-c2ccc(C)cc2)csc1NC(=O)c1sc2nc(C(C)C)ccc2c1N. The van der Waals surface area contributed by atoms with Crippen molar-refractivity contribution in [2.24, 2.45) is 0 Å². The molecule has 6 nitrogen and oxygen atoms in total. The van der Waals surface area contributed by atoms with E-state index in [1.807, 2.05) is 48.7 Å². The molecule has 33 heavy (non-hydrogen) atoms. The number of carbonyl (C=O) groups is 2. The molecule has 0 aliphatic heterocycles. The Balaban J connectivity index is 1.71. The number of hydrogen-bond acceptors (Lipinski definition) is 7. The van der Waals surface area contributed by atoms with E-state index in [9.17, 15) is 9.59 Å². The van der Waals surface area contributed by atoms with Gasteiger partial charge in [0.15, 0.2) is 0 Å². The molecule has 4 rings (SSSR count). The van der Waals surface area contributed by atoms with E-state index in [0.29, 0.717) is 21.1 Å². The maximum atomic E-state index is 13.2. The van der Waals surface area contributed by atoms with Crippen LogP contribution in [-0.4, -0.2) is 23.5 Å². The quantitative estimate of drug-likeness (QED) is 0.309. The molecule has 3 N–H and O–H groups in total.